The smallest absolute Gasteiger partial charge is 0.305 e. The summed E-state index contributed by atoms with van der Waals surface area (Å²) in [5.74, 6) is 0.256. The van der Waals surface area contributed by atoms with Crippen LogP contribution >= 0.6 is 11.6 Å². The Morgan fingerprint density at radius 1 is 1.27 bits per heavy atom. The molecule has 0 heterocycles. The molecule has 0 aliphatic carbocycles. The van der Waals surface area contributed by atoms with Crippen LogP contribution in [-0.2, 0) is 9.53 Å². The summed E-state index contributed by atoms with van der Waals surface area (Å²) in [5, 5.41) is 0.192. The lowest BCUT2D eigenvalue weighted by Crippen LogP contribution is -2.25. The second-order valence-corrected chi connectivity index (χ2v) is 4.58. The quantitative estimate of drug-likeness (QED) is 0.495. The van der Waals surface area contributed by atoms with E-state index >= 15 is 0 Å². The zero-order chi connectivity index (χ0) is 11.8. The van der Waals surface area contributed by atoms with Crippen LogP contribution in [0.5, 0.6) is 0 Å². The maximum Gasteiger partial charge on any atom is 0.305 e. The molecule has 0 radical (unpaired) electrons. The number of hydrogen-bond acceptors (Lipinski definition) is 2. The van der Waals surface area contributed by atoms with E-state index in [1.807, 2.05) is 13.8 Å². The zero-order valence-electron chi connectivity index (χ0n) is 10.3. The Hall–Kier alpha value is -0.240. The highest BCUT2D eigenvalue weighted by atomic mass is 35.5. The molecule has 15 heavy (non-hydrogen) atoms. The lowest BCUT2D eigenvalue weighted by atomic mass is 9.94. The molecule has 0 fully saturated rings. The predicted molar refractivity (Wildman–Crippen MR) is 64.2 cm³/mol. The molecule has 0 N–H and O–H groups in total. The van der Waals surface area contributed by atoms with Crippen molar-refractivity contribution in [3.63, 3.8) is 0 Å². The molecule has 0 rings (SSSR count). The van der Waals surface area contributed by atoms with E-state index < -0.39 is 0 Å². The summed E-state index contributed by atoms with van der Waals surface area (Å²) in [6.45, 7) is 7.96. The number of carbonyl (C=O) groups is 1. The Bertz CT molecular complexity index is 182. The van der Waals surface area contributed by atoms with E-state index in [-0.39, 0.29) is 17.5 Å². The van der Waals surface area contributed by atoms with E-state index in [1.165, 1.54) is 0 Å². The Balaban J connectivity index is 4.09. The van der Waals surface area contributed by atoms with Gasteiger partial charge < -0.3 is 4.74 Å². The Kier molecular flexibility index (Phi) is 7.85. The molecule has 3 heteroatoms. The van der Waals surface area contributed by atoms with Crippen molar-refractivity contribution in [3.05, 3.63) is 0 Å². The fourth-order valence-corrected chi connectivity index (χ4v) is 1.80. The molecule has 0 aromatic rings. The summed E-state index contributed by atoms with van der Waals surface area (Å²) in [4.78, 5) is 11.1. The highest BCUT2D eigenvalue weighted by molar-refractivity contribution is 6.20. The first-order valence-corrected chi connectivity index (χ1v) is 6.32. The van der Waals surface area contributed by atoms with E-state index in [4.69, 9.17) is 16.3 Å². The highest BCUT2D eigenvalue weighted by Gasteiger charge is 2.21. The van der Waals surface area contributed by atoms with Gasteiger partial charge in [-0.15, -0.1) is 11.6 Å². The second kappa shape index (κ2) is 7.98. The van der Waals surface area contributed by atoms with Crippen LogP contribution in [-0.4, -0.2) is 17.5 Å². The fourth-order valence-electron chi connectivity index (χ4n) is 1.57. The van der Waals surface area contributed by atoms with Crippen LogP contribution in [0.25, 0.3) is 0 Å². The number of hydrogen-bond donors (Lipinski definition) is 0. The van der Waals surface area contributed by atoms with Gasteiger partial charge in [0.1, 0.15) is 6.10 Å². The molecule has 0 amide bonds. The number of esters is 1. The van der Waals surface area contributed by atoms with Gasteiger partial charge in [-0.05, 0) is 32.1 Å². The molecule has 3 atom stereocenters. The van der Waals surface area contributed by atoms with Gasteiger partial charge in [-0.3, -0.25) is 4.79 Å². The van der Waals surface area contributed by atoms with Crippen LogP contribution in [0.3, 0.4) is 0 Å². The highest BCUT2D eigenvalue weighted by Crippen LogP contribution is 2.22. The van der Waals surface area contributed by atoms with Gasteiger partial charge in [0.15, 0.2) is 0 Å². The molecule has 0 aromatic heterocycles. The summed E-state index contributed by atoms with van der Waals surface area (Å²) >= 11 is 6.11. The van der Waals surface area contributed by atoms with Gasteiger partial charge in [0.25, 0.3) is 0 Å². The van der Waals surface area contributed by atoms with E-state index in [0.29, 0.717) is 12.3 Å². The monoisotopic (exact) mass is 234 g/mol. The third-order valence-electron chi connectivity index (χ3n) is 2.80. The first-order valence-electron chi connectivity index (χ1n) is 5.88. The number of halogens is 1. The molecule has 3 unspecified atom stereocenters. The van der Waals surface area contributed by atoms with Crippen LogP contribution in [0.4, 0.5) is 0 Å². The minimum atomic E-state index is -0.122. The van der Waals surface area contributed by atoms with Crippen LogP contribution < -0.4 is 0 Å². The molecule has 0 aliphatic rings. The summed E-state index contributed by atoms with van der Waals surface area (Å²) in [7, 11) is 0. The molecule has 0 aliphatic heterocycles. The van der Waals surface area contributed by atoms with E-state index in [2.05, 4.69) is 13.8 Å². The normalized spacial score (nSPS) is 16.9. The van der Waals surface area contributed by atoms with Crippen LogP contribution in [0, 0.1) is 5.92 Å². The van der Waals surface area contributed by atoms with E-state index in [0.717, 1.165) is 19.3 Å². The second-order valence-electron chi connectivity index (χ2n) is 3.96. The molecule has 90 valence electrons. The number of rotatable bonds is 7. The average molecular weight is 235 g/mol. The third-order valence-corrected chi connectivity index (χ3v) is 3.28. The molecular formula is C12H23ClO2. The van der Waals surface area contributed by atoms with Crippen molar-refractivity contribution < 1.29 is 9.53 Å². The number of alkyl halides is 1. The topological polar surface area (TPSA) is 26.3 Å². The first kappa shape index (κ1) is 14.8. The number of ether oxygens (including phenoxy) is 1. The maximum absolute atomic E-state index is 11.1. The van der Waals surface area contributed by atoms with Crippen molar-refractivity contribution in [2.75, 3.05) is 0 Å². The van der Waals surface area contributed by atoms with E-state index in [9.17, 15) is 4.79 Å². The van der Waals surface area contributed by atoms with Crippen molar-refractivity contribution in [2.24, 2.45) is 5.92 Å². The van der Waals surface area contributed by atoms with Crippen LogP contribution in [0.1, 0.15) is 53.4 Å². The Labute approximate surface area is 98.3 Å². The molecular weight excluding hydrogens is 212 g/mol. The molecule has 0 spiro atoms. The predicted octanol–water partition coefficient (Wildman–Crippen LogP) is 3.76. The Morgan fingerprint density at radius 3 is 2.27 bits per heavy atom. The van der Waals surface area contributed by atoms with Gasteiger partial charge in [-0.25, -0.2) is 0 Å². The minimum Gasteiger partial charge on any atom is -0.462 e. The number of carbonyl (C=O) groups excluding carboxylic acids is 1. The largest absolute Gasteiger partial charge is 0.462 e. The maximum atomic E-state index is 11.1. The van der Waals surface area contributed by atoms with Gasteiger partial charge in [0.2, 0.25) is 0 Å². The zero-order valence-corrected chi connectivity index (χ0v) is 11.0. The molecule has 0 saturated heterocycles. The fraction of sp³-hybridized carbons (Fsp3) is 0.917. The molecule has 0 bridgehead atoms. The van der Waals surface area contributed by atoms with Crippen LogP contribution in [0.2, 0.25) is 0 Å². The standard InChI is InChI=1S/C12H23ClO2/c1-5-10(8-11(13)6-2)9(4)15-12(14)7-3/h9-11H,5-8H2,1-4H3. The van der Waals surface area contributed by atoms with Crippen molar-refractivity contribution in [2.45, 2.75) is 64.9 Å². The van der Waals surface area contributed by atoms with Gasteiger partial charge in [-0.2, -0.15) is 0 Å². The SMILES string of the molecule is CCC(=O)OC(C)C(CC)CC(Cl)CC. The Morgan fingerprint density at radius 2 is 1.87 bits per heavy atom. The van der Waals surface area contributed by atoms with Crippen molar-refractivity contribution in [3.8, 4) is 0 Å². The first-order chi connectivity index (χ1) is 7.04. The molecule has 0 aromatic carbocycles. The van der Waals surface area contributed by atoms with Gasteiger partial charge in [0, 0.05) is 11.8 Å². The van der Waals surface area contributed by atoms with Gasteiger partial charge in [-0.1, -0.05) is 20.8 Å². The summed E-state index contributed by atoms with van der Waals surface area (Å²) in [6.07, 6.45) is 3.31. The minimum absolute atomic E-state index is 0.0183. The van der Waals surface area contributed by atoms with Gasteiger partial charge in [0.05, 0.1) is 0 Å². The van der Waals surface area contributed by atoms with Crippen molar-refractivity contribution in [1.82, 2.24) is 0 Å². The average Bonchev–Trinajstić information content (AvgIpc) is 2.24. The summed E-state index contributed by atoms with van der Waals surface area (Å²) < 4.78 is 5.30. The van der Waals surface area contributed by atoms with E-state index in [1.54, 1.807) is 0 Å². The lowest BCUT2D eigenvalue weighted by molar-refractivity contribution is -0.150. The van der Waals surface area contributed by atoms with Crippen molar-refractivity contribution >= 4 is 17.6 Å². The summed E-state index contributed by atoms with van der Waals surface area (Å²) in [6, 6.07) is 0. The molecule has 2 nitrogen and oxygen atoms in total. The lowest BCUT2D eigenvalue weighted by Gasteiger charge is -2.24. The third kappa shape index (κ3) is 6.03. The van der Waals surface area contributed by atoms with Crippen molar-refractivity contribution in [1.29, 1.82) is 0 Å². The van der Waals surface area contributed by atoms with Crippen LogP contribution in [0.15, 0.2) is 0 Å². The molecule has 0 saturated carbocycles. The van der Waals surface area contributed by atoms with Gasteiger partial charge >= 0.3 is 5.97 Å². The summed E-state index contributed by atoms with van der Waals surface area (Å²) in [5.41, 5.74) is 0.